The molecule has 0 saturated carbocycles. The van der Waals surface area contributed by atoms with E-state index in [-0.39, 0.29) is 18.0 Å². The Morgan fingerprint density at radius 3 is 2.61 bits per heavy atom. The minimum Gasteiger partial charge on any atom is -0.398 e. The summed E-state index contributed by atoms with van der Waals surface area (Å²) in [5, 5.41) is 0. The van der Waals surface area contributed by atoms with Crippen molar-refractivity contribution in [2.24, 2.45) is 0 Å². The van der Waals surface area contributed by atoms with Crippen LogP contribution < -0.4 is 5.73 Å². The summed E-state index contributed by atoms with van der Waals surface area (Å²) in [6.07, 6.45) is 0.236. The van der Waals surface area contributed by atoms with Crippen LogP contribution >= 0.6 is 0 Å². The summed E-state index contributed by atoms with van der Waals surface area (Å²) in [4.78, 5) is 12.1. The lowest BCUT2D eigenvalue weighted by molar-refractivity contribution is 0.0993. The first-order chi connectivity index (χ1) is 8.58. The Morgan fingerprint density at radius 1 is 1.22 bits per heavy atom. The molecule has 92 valence electrons. The van der Waals surface area contributed by atoms with Crippen molar-refractivity contribution in [2.45, 2.75) is 13.3 Å². The molecule has 0 amide bonds. The van der Waals surface area contributed by atoms with Gasteiger partial charge in [-0.1, -0.05) is 18.2 Å². The van der Waals surface area contributed by atoms with Gasteiger partial charge < -0.3 is 5.73 Å². The van der Waals surface area contributed by atoms with Crippen molar-refractivity contribution in [3.8, 4) is 0 Å². The maximum absolute atomic E-state index is 13.0. The van der Waals surface area contributed by atoms with Crippen molar-refractivity contribution in [1.82, 2.24) is 0 Å². The predicted molar refractivity (Wildman–Crippen MR) is 70.0 cm³/mol. The normalized spacial score (nSPS) is 10.3. The van der Waals surface area contributed by atoms with E-state index in [1.165, 1.54) is 12.1 Å². The van der Waals surface area contributed by atoms with Crippen LogP contribution in [0.2, 0.25) is 0 Å². The van der Waals surface area contributed by atoms with Crippen LogP contribution in [-0.4, -0.2) is 5.78 Å². The SMILES string of the molecule is Cc1cc(F)ccc1CC(=O)c1ccccc1N. The lowest BCUT2D eigenvalue weighted by Gasteiger charge is -2.07. The van der Waals surface area contributed by atoms with Crippen LogP contribution in [0.3, 0.4) is 0 Å². The average molecular weight is 243 g/mol. The van der Waals surface area contributed by atoms with Crippen LogP contribution in [0.5, 0.6) is 0 Å². The number of hydrogen-bond donors (Lipinski definition) is 1. The zero-order chi connectivity index (χ0) is 13.1. The summed E-state index contributed by atoms with van der Waals surface area (Å²) in [5.74, 6) is -0.342. The second kappa shape index (κ2) is 5.00. The Hall–Kier alpha value is -2.16. The van der Waals surface area contributed by atoms with E-state index < -0.39 is 0 Å². The second-order valence-electron chi connectivity index (χ2n) is 4.26. The molecule has 0 saturated heterocycles. The Morgan fingerprint density at radius 2 is 1.94 bits per heavy atom. The van der Waals surface area contributed by atoms with Gasteiger partial charge >= 0.3 is 0 Å². The fraction of sp³-hybridized carbons (Fsp3) is 0.133. The van der Waals surface area contributed by atoms with Crippen LogP contribution in [0.15, 0.2) is 42.5 Å². The zero-order valence-corrected chi connectivity index (χ0v) is 10.1. The fourth-order valence-corrected chi connectivity index (χ4v) is 1.88. The number of halogens is 1. The van der Waals surface area contributed by atoms with Gasteiger partial charge in [0.05, 0.1) is 0 Å². The van der Waals surface area contributed by atoms with Gasteiger partial charge in [0.15, 0.2) is 5.78 Å². The van der Waals surface area contributed by atoms with Gasteiger partial charge in [0.25, 0.3) is 0 Å². The van der Waals surface area contributed by atoms with Crippen molar-refractivity contribution < 1.29 is 9.18 Å². The molecule has 18 heavy (non-hydrogen) atoms. The van der Waals surface area contributed by atoms with Gasteiger partial charge in [-0.15, -0.1) is 0 Å². The van der Waals surface area contributed by atoms with Gasteiger partial charge in [-0.05, 0) is 42.3 Å². The van der Waals surface area contributed by atoms with E-state index in [0.29, 0.717) is 11.3 Å². The molecule has 0 unspecified atom stereocenters. The molecule has 2 aromatic carbocycles. The Balaban J connectivity index is 2.24. The molecule has 2 aromatic rings. The molecule has 0 aromatic heterocycles. The van der Waals surface area contributed by atoms with Crippen LogP contribution in [0.4, 0.5) is 10.1 Å². The zero-order valence-electron chi connectivity index (χ0n) is 10.1. The third-order valence-electron chi connectivity index (χ3n) is 2.92. The summed E-state index contributed by atoms with van der Waals surface area (Å²) in [6, 6.07) is 11.4. The Kier molecular flexibility index (Phi) is 3.42. The molecule has 0 atom stereocenters. The topological polar surface area (TPSA) is 43.1 Å². The molecule has 0 bridgehead atoms. The van der Waals surface area contributed by atoms with Crippen molar-refractivity contribution in [1.29, 1.82) is 0 Å². The van der Waals surface area contributed by atoms with Gasteiger partial charge in [0.2, 0.25) is 0 Å². The number of ketones is 1. The molecule has 0 radical (unpaired) electrons. The van der Waals surface area contributed by atoms with E-state index in [2.05, 4.69) is 0 Å². The number of para-hydroxylation sites is 1. The quantitative estimate of drug-likeness (QED) is 0.664. The predicted octanol–water partition coefficient (Wildman–Crippen LogP) is 3.14. The standard InChI is InChI=1S/C15H14FNO/c1-10-8-12(16)7-6-11(10)9-15(18)13-4-2-3-5-14(13)17/h2-8H,9,17H2,1H3. The van der Waals surface area contributed by atoms with E-state index in [1.807, 2.05) is 0 Å². The number of Topliss-reactive ketones (excluding diaryl/α,β-unsaturated/α-hetero) is 1. The molecule has 3 heteroatoms. The number of carbonyl (C=O) groups is 1. The number of benzene rings is 2. The molecule has 0 aliphatic carbocycles. The highest BCUT2D eigenvalue weighted by molar-refractivity contribution is 6.01. The highest BCUT2D eigenvalue weighted by Crippen LogP contribution is 2.17. The number of nitrogens with two attached hydrogens (primary N) is 1. The molecule has 0 heterocycles. The summed E-state index contributed by atoms with van der Waals surface area (Å²) in [7, 11) is 0. The smallest absolute Gasteiger partial charge is 0.169 e. The molecule has 2 nitrogen and oxygen atoms in total. The van der Waals surface area contributed by atoms with E-state index in [0.717, 1.165) is 11.1 Å². The molecule has 2 rings (SSSR count). The van der Waals surface area contributed by atoms with E-state index in [4.69, 9.17) is 5.73 Å². The first-order valence-electron chi connectivity index (χ1n) is 5.70. The Labute approximate surface area is 105 Å². The number of aryl methyl sites for hydroxylation is 1. The number of anilines is 1. The van der Waals surface area contributed by atoms with Crippen molar-refractivity contribution in [3.63, 3.8) is 0 Å². The van der Waals surface area contributed by atoms with E-state index >= 15 is 0 Å². The van der Waals surface area contributed by atoms with E-state index in [9.17, 15) is 9.18 Å². The minimum atomic E-state index is -0.289. The van der Waals surface area contributed by atoms with Gasteiger partial charge in [0, 0.05) is 17.7 Å². The number of carbonyl (C=O) groups excluding carboxylic acids is 1. The van der Waals surface area contributed by atoms with Crippen molar-refractivity contribution >= 4 is 11.5 Å². The molecular formula is C15H14FNO. The molecule has 2 N–H and O–H groups in total. The monoisotopic (exact) mass is 243 g/mol. The second-order valence-corrected chi connectivity index (χ2v) is 4.26. The summed E-state index contributed by atoms with van der Waals surface area (Å²) >= 11 is 0. The number of hydrogen-bond acceptors (Lipinski definition) is 2. The summed E-state index contributed by atoms with van der Waals surface area (Å²) in [5.41, 5.74) is 8.35. The third kappa shape index (κ3) is 2.56. The first kappa shape index (κ1) is 12.3. The maximum Gasteiger partial charge on any atom is 0.169 e. The highest BCUT2D eigenvalue weighted by Gasteiger charge is 2.11. The van der Waals surface area contributed by atoms with Crippen molar-refractivity contribution in [2.75, 3.05) is 5.73 Å². The van der Waals surface area contributed by atoms with Crippen molar-refractivity contribution in [3.05, 3.63) is 65.0 Å². The maximum atomic E-state index is 13.0. The lowest BCUT2D eigenvalue weighted by Crippen LogP contribution is -2.07. The average Bonchev–Trinajstić information content (AvgIpc) is 2.33. The Bertz CT molecular complexity index is 593. The largest absolute Gasteiger partial charge is 0.398 e. The summed E-state index contributed by atoms with van der Waals surface area (Å²) < 4.78 is 13.0. The number of nitrogen functional groups attached to an aromatic ring is 1. The van der Waals surface area contributed by atoms with Crippen LogP contribution in [-0.2, 0) is 6.42 Å². The third-order valence-corrected chi connectivity index (χ3v) is 2.92. The van der Waals surface area contributed by atoms with Gasteiger partial charge in [-0.25, -0.2) is 4.39 Å². The van der Waals surface area contributed by atoms with Crippen LogP contribution in [0.25, 0.3) is 0 Å². The molecule has 0 aliphatic heterocycles. The molecule has 0 spiro atoms. The van der Waals surface area contributed by atoms with Gasteiger partial charge in [-0.3, -0.25) is 4.79 Å². The lowest BCUT2D eigenvalue weighted by atomic mass is 9.98. The fourth-order valence-electron chi connectivity index (χ4n) is 1.88. The van der Waals surface area contributed by atoms with Gasteiger partial charge in [-0.2, -0.15) is 0 Å². The molecular weight excluding hydrogens is 229 g/mol. The van der Waals surface area contributed by atoms with Crippen LogP contribution in [0, 0.1) is 12.7 Å². The first-order valence-corrected chi connectivity index (χ1v) is 5.70. The van der Waals surface area contributed by atoms with Gasteiger partial charge in [0.1, 0.15) is 5.82 Å². The molecule has 0 aliphatic rings. The van der Waals surface area contributed by atoms with E-state index in [1.54, 1.807) is 37.3 Å². The minimum absolute atomic E-state index is 0.0530. The summed E-state index contributed by atoms with van der Waals surface area (Å²) in [6.45, 7) is 1.79. The highest BCUT2D eigenvalue weighted by atomic mass is 19.1. The van der Waals surface area contributed by atoms with Crippen LogP contribution in [0.1, 0.15) is 21.5 Å². The number of rotatable bonds is 3. The molecule has 0 fully saturated rings.